The van der Waals surface area contributed by atoms with Crippen LogP contribution in [0.2, 0.25) is 5.02 Å². The largest absolute Gasteiger partial charge is 0.493 e. The SMILES string of the molecule is COc1ccc(-c2noc(-c3cccn3CC(=O)Nc3cc(F)ccc3Cl)n2)cc1OC. The van der Waals surface area contributed by atoms with Gasteiger partial charge in [0.2, 0.25) is 11.7 Å². The van der Waals surface area contributed by atoms with Gasteiger partial charge < -0.3 is 23.9 Å². The number of benzene rings is 2. The van der Waals surface area contributed by atoms with Gasteiger partial charge in [-0.05, 0) is 48.5 Å². The standard InChI is InChI=1S/C22H18ClFN4O4/c1-30-18-8-5-13(10-19(18)31-2)21-26-22(32-27-21)17-4-3-9-28(17)12-20(29)25-16-11-14(24)6-7-15(16)23/h3-11H,12H2,1-2H3,(H,25,29). The number of halogens is 2. The first-order valence-corrected chi connectivity index (χ1v) is 9.83. The molecule has 0 unspecified atom stereocenters. The molecule has 0 spiro atoms. The molecule has 1 N–H and O–H groups in total. The Balaban J connectivity index is 1.54. The quantitative estimate of drug-likeness (QED) is 0.435. The highest BCUT2D eigenvalue weighted by Gasteiger charge is 2.17. The van der Waals surface area contributed by atoms with Crippen LogP contribution in [-0.4, -0.2) is 34.8 Å². The minimum absolute atomic E-state index is 0.0662. The maximum atomic E-state index is 13.4. The van der Waals surface area contributed by atoms with Crippen LogP contribution in [0, 0.1) is 5.82 Å². The lowest BCUT2D eigenvalue weighted by Crippen LogP contribution is -2.19. The second-order valence-electron chi connectivity index (χ2n) is 6.69. The van der Waals surface area contributed by atoms with Gasteiger partial charge in [0.15, 0.2) is 11.5 Å². The van der Waals surface area contributed by atoms with Crippen LogP contribution in [-0.2, 0) is 11.3 Å². The molecule has 32 heavy (non-hydrogen) atoms. The fraction of sp³-hybridized carbons (Fsp3) is 0.136. The Morgan fingerprint density at radius 1 is 1.16 bits per heavy atom. The fourth-order valence-corrected chi connectivity index (χ4v) is 3.27. The van der Waals surface area contributed by atoms with Gasteiger partial charge in [0, 0.05) is 11.8 Å². The summed E-state index contributed by atoms with van der Waals surface area (Å²) in [6.45, 7) is -0.0662. The van der Waals surface area contributed by atoms with E-state index < -0.39 is 11.7 Å². The summed E-state index contributed by atoms with van der Waals surface area (Å²) in [4.78, 5) is 16.9. The van der Waals surface area contributed by atoms with Gasteiger partial charge in [0.1, 0.15) is 18.1 Å². The van der Waals surface area contributed by atoms with E-state index in [1.165, 1.54) is 19.2 Å². The minimum atomic E-state index is -0.500. The Morgan fingerprint density at radius 2 is 1.97 bits per heavy atom. The van der Waals surface area contributed by atoms with Crippen LogP contribution >= 0.6 is 11.6 Å². The number of anilines is 1. The molecule has 4 aromatic rings. The number of carbonyl (C=O) groups excluding carboxylic acids is 1. The molecular formula is C22H18ClFN4O4. The van der Waals surface area contributed by atoms with Gasteiger partial charge in [-0.2, -0.15) is 4.98 Å². The molecule has 2 heterocycles. The molecule has 0 aliphatic rings. The number of amides is 1. The van der Waals surface area contributed by atoms with Crippen LogP contribution in [0.3, 0.4) is 0 Å². The molecule has 0 aliphatic heterocycles. The molecule has 0 saturated heterocycles. The number of hydrogen-bond donors (Lipinski definition) is 1. The number of rotatable bonds is 7. The summed E-state index contributed by atoms with van der Waals surface area (Å²) < 4.78 is 31.0. The maximum Gasteiger partial charge on any atom is 0.274 e. The van der Waals surface area contributed by atoms with Crippen LogP contribution in [0.25, 0.3) is 23.0 Å². The molecule has 0 radical (unpaired) electrons. The van der Waals surface area contributed by atoms with Gasteiger partial charge in [-0.3, -0.25) is 4.79 Å². The van der Waals surface area contributed by atoms with Crippen LogP contribution in [0.1, 0.15) is 0 Å². The van der Waals surface area contributed by atoms with Crippen LogP contribution < -0.4 is 14.8 Å². The zero-order valence-electron chi connectivity index (χ0n) is 17.1. The van der Waals surface area contributed by atoms with Crippen molar-refractivity contribution in [2.75, 3.05) is 19.5 Å². The Morgan fingerprint density at radius 3 is 2.75 bits per heavy atom. The van der Waals surface area contributed by atoms with E-state index in [4.69, 9.17) is 25.6 Å². The Kier molecular flexibility index (Phi) is 6.09. The van der Waals surface area contributed by atoms with Gasteiger partial charge in [-0.25, -0.2) is 4.39 Å². The minimum Gasteiger partial charge on any atom is -0.493 e. The van der Waals surface area contributed by atoms with Gasteiger partial charge >= 0.3 is 0 Å². The molecule has 164 valence electrons. The number of nitrogens with one attached hydrogen (secondary N) is 1. The predicted octanol–water partition coefficient (Wildman–Crippen LogP) is 4.65. The second kappa shape index (κ2) is 9.11. The zero-order chi connectivity index (χ0) is 22.7. The smallest absolute Gasteiger partial charge is 0.274 e. The third kappa shape index (κ3) is 4.42. The number of methoxy groups -OCH3 is 2. The summed E-state index contributed by atoms with van der Waals surface area (Å²) in [7, 11) is 3.09. The third-order valence-electron chi connectivity index (χ3n) is 4.63. The zero-order valence-corrected chi connectivity index (χ0v) is 17.9. The lowest BCUT2D eigenvalue weighted by molar-refractivity contribution is -0.116. The first-order valence-electron chi connectivity index (χ1n) is 9.45. The average Bonchev–Trinajstić information content (AvgIpc) is 3.45. The van der Waals surface area contributed by atoms with Gasteiger partial charge in [0.25, 0.3) is 5.89 Å². The Hall–Kier alpha value is -3.85. The summed E-state index contributed by atoms with van der Waals surface area (Å²) in [5.41, 5.74) is 1.41. The number of nitrogens with zero attached hydrogens (tertiary/aromatic N) is 3. The Bertz CT molecular complexity index is 1270. The van der Waals surface area contributed by atoms with E-state index in [1.807, 2.05) is 0 Å². The van der Waals surface area contributed by atoms with E-state index >= 15 is 0 Å². The van der Waals surface area contributed by atoms with E-state index in [1.54, 1.807) is 48.2 Å². The van der Waals surface area contributed by atoms with Crippen LogP contribution in [0.5, 0.6) is 11.5 Å². The molecule has 0 aliphatic carbocycles. The molecule has 0 atom stereocenters. The van der Waals surface area contributed by atoms with Crippen molar-refractivity contribution in [3.8, 4) is 34.5 Å². The van der Waals surface area contributed by atoms with E-state index in [0.29, 0.717) is 28.6 Å². The van der Waals surface area contributed by atoms with Crippen molar-refractivity contribution in [3.63, 3.8) is 0 Å². The van der Waals surface area contributed by atoms with Crippen LogP contribution in [0.15, 0.2) is 59.3 Å². The lowest BCUT2D eigenvalue weighted by atomic mass is 10.2. The molecule has 10 heteroatoms. The molecule has 0 fully saturated rings. The highest BCUT2D eigenvalue weighted by Crippen LogP contribution is 2.32. The molecule has 8 nitrogen and oxygen atoms in total. The molecular weight excluding hydrogens is 439 g/mol. The summed E-state index contributed by atoms with van der Waals surface area (Å²) in [6.07, 6.45) is 1.70. The number of ether oxygens (including phenoxy) is 2. The van der Waals surface area contributed by atoms with E-state index in [0.717, 1.165) is 6.07 Å². The van der Waals surface area contributed by atoms with E-state index in [-0.39, 0.29) is 23.1 Å². The maximum absolute atomic E-state index is 13.4. The predicted molar refractivity (Wildman–Crippen MR) is 116 cm³/mol. The monoisotopic (exact) mass is 456 g/mol. The fourth-order valence-electron chi connectivity index (χ4n) is 3.10. The van der Waals surface area contributed by atoms with Gasteiger partial charge in [-0.1, -0.05) is 16.8 Å². The lowest BCUT2D eigenvalue weighted by Gasteiger charge is -2.09. The molecule has 2 aromatic heterocycles. The molecule has 0 bridgehead atoms. The molecule has 2 aromatic carbocycles. The number of carbonyl (C=O) groups is 1. The van der Waals surface area contributed by atoms with Crippen molar-refractivity contribution in [2.24, 2.45) is 0 Å². The van der Waals surface area contributed by atoms with E-state index in [9.17, 15) is 9.18 Å². The summed E-state index contributed by atoms with van der Waals surface area (Å²) >= 11 is 6.01. The highest BCUT2D eigenvalue weighted by atomic mass is 35.5. The second-order valence-corrected chi connectivity index (χ2v) is 7.09. The number of aromatic nitrogens is 3. The third-order valence-corrected chi connectivity index (χ3v) is 4.96. The summed E-state index contributed by atoms with van der Waals surface area (Å²) in [6, 6.07) is 12.5. The Labute approximate surface area is 187 Å². The first-order chi connectivity index (χ1) is 15.5. The van der Waals surface area contributed by atoms with Crippen LogP contribution in [0.4, 0.5) is 10.1 Å². The first kappa shape index (κ1) is 21.4. The van der Waals surface area contributed by atoms with Gasteiger partial charge in [0.05, 0.1) is 24.9 Å². The summed E-state index contributed by atoms with van der Waals surface area (Å²) in [5.74, 6) is 0.807. The van der Waals surface area contributed by atoms with Crippen molar-refractivity contribution < 1.29 is 23.2 Å². The average molecular weight is 457 g/mol. The van der Waals surface area contributed by atoms with Crippen molar-refractivity contribution in [1.29, 1.82) is 0 Å². The van der Waals surface area contributed by atoms with Crippen molar-refractivity contribution in [2.45, 2.75) is 6.54 Å². The molecule has 0 saturated carbocycles. The van der Waals surface area contributed by atoms with Crippen molar-refractivity contribution in [1.82, 2.24) is 14.7 Å². The van der Waals surface area contributed by atoms with E-state index in [2.05, 4.69) is 15.5 Å². The van der Waals surface area contributed by atoms with Crippen molar-refractivity contribution in [3.05, 3.63) is 65.6 Å². The van der Waals surface area contributed by atoms with Crippen molar-refractivity contribution >= 4 is 23.2 Å². The summed E-state index contributed by atoms with van der Waals surface area (Å²) in [5, 5.41) is 6.87. The molecule has 4 rings (SSSR count). The highest BCUT2D eigenvalue weighted by molar-refractivity contribution is 6.33. The topological polar surface area (TPSA) is 91.4 Å². The molecule has 1 amide bonds. The number of hydrogen-bond acceptors (Lipinski definition) is 6. The normalized spacial score (nSPS) is 10.8. The van der Waals surface area contributed by atoms with Gasteiger partial charge in [-0.15, -0.1) is 0 Å².